The van der Waals surface area contributed by atoms with Gasteiger partial charge in [0.2, 0.25) is 5.91 Å². The predicted molar refractivity (Wildman–Crippen MR) is 83.3 cm³/mol. The van der Waals surface area contributed by atoms with Gasteiger partial charge in [-0.15, -0.1) is 0 Å². The Balaban J connectivity index is 1.67. The molecule has 1 saturated heterocycles. The minimum atomic E-state index is -3.15. The van der Waals surface area contributed by atoms with Crippen molar-refractivity contribution in [3.63, 3.8) is 0 Å². The van der Waals surface area contributed by atoms with Crippen molar-refractivity contribution in [3.05, 3.63) is 35.6 Å². The summed E-state index contributed by atoms with van der Waals surface area (Å²) in [6.45, 7) is 1.76. The Morgan fingerprint density at radius 3 is 2.61 bits per heavy atom. The summed E-state index contributed by atoms with van der Waals surface area (Å²) in [7, 11) is -3.15. The number of sulfone groups is 1. The van der Waals surface area contributed by atoms with Gasteiger partial charge in [0, 0.05) is 10.9 Å². The molecule has 2 aromatic rings. The number of carbonyl (C=O) groups is 2. The lowest BCUT2D eigenvalue weighted by Crippen LogP contribution is -2.44. The second kappa shape index (κ2) is 5.69. The van der Waals surface area contributed by atoms with Crippen LogP contribution in [0.25, 0.3) is 11.0 Å². The fourth-order valence-corrected chi connectivity index (χ4v) is 4.41. The number of amides is 2. The number of para-hydroxylation sites is 1. The standard InChI is InChI=1S/C15H16N2O5S/c1-9-11-4-2-3-5-12(11)22-13(9)15(19)17-16-14(18)10-6-7-23(20,21)8-10/h2-5,10H,6-8H2,1H3,(H,16,18)(H,17,19). The fourth-order valence-electron chi connectivity index (χ4n) is 2.67. The van der Waals surface area contributed by atoms with Crippen LogP contribution in [0.1, 0.15) is 22.5 Å². The zero-order valence-electron chi connectivity index (χ0n) is 12.5. The number of rotatable bonds is 2. The number of hydrogen-bond acceptors (Lipinski definition) is 5. The zero-order chi connectivity index (χ0) is 16.6. The van der Waals surface area contributed by atoms with Gasteiger partial charge in [0.1, 0.15) is 5.58 Å². The summed E-state index contributed by atoms with van der Waals surface area (Å²) < 4.78 is 28.2. The first-order chi connectivity index (χ1) is 10.9. The molecule has 0 bridgehead atoms. The molecule has 2 heterocycles. The van der Waals surface area contributed by atoms with Crippen molar-refractivity contribution in [1.29, 1.82) is 0 Å². The lowest BCUT2D eigenvalue weighted by Gasteiger charge is -2.09. The molecule has 3 rings (SSSR count). The van der Waals surface area contributed by atoms with Gasteiger partial charge in [0.15, 0.2) is 15.6 Å². The first-order valence-electron chi connectivity index (χ1n) is 7.16. The lowest BCUT2D eigenvalue weighted by molar-refractivity contribution is -0.125. The predicted octanol–water partition coefficient (Wildman–Crippen LogP) is 0.937. The van der Waals surface area contributed by atoms with E-state index < -0.39 is 27.6 Å². The second-order valence-corrected chi connectivity index (χ2v) is 7.82. The van der Waals surface area contributed by atoms with Crippen LogP contribution in [0.5, 0.6) is 0 Å². The van der Waals surface area contributed by atoms with Crippen LogP contribution in [0, 0.1) is 12.8 Å². The number of benzene rings is 1. The van der Waals surface area contributed by atoms with Gasteiger partial charge in [-0.2, -0.15) is 0 Å². The molecule has 1 atom stereocenters. The summed E-state index contributed by atoms with van der Waals surface area (Å²) in [6.07, 6.45) is 0.272. The molecule has 1 aromatic carbocycles. The van der Waals surface area contributed by atoms with E-state index in [0.717, 1.165) is 5.39 Å². The van der Waals surface area contributed by atoms with E-state index in [0.29, 0.717) is 11.1 Å². The fraction of sp³-hybridized carbons (Fsp3) is 0.333. The molecule has 1 aliphatic rings. The van der Waals surface area contributed by atoms with Gasteiger partial charge in [-0.25, -0.2) is 8.42 Å². The van der Waals surface area contributed by atoms with Gasteiger partial charge in [-0.3, -0.25) is 20.4 Å². The van der Waals surface area contributed by atoms with E-state index in [1.54, 1.807) is 19.1 Å². The maximum absolute atomic E-state index is 12.1. The molecule has 1 fully saturated rings. The van der Waals surface area contributed by atoms with Crippen LogP contribution >= 0.6 is 0 Å². The van der Waals surface area contributed by atoms with Gasteiger partial charge in [-0.1, -0.05) is 18.2 Å². The van der Waals surface area contributed by atoms with E-state index >= 15 is 0 Å². The molecule has 2 amide bonds. The smallest absolute Gasteiger partial charge is 0.305 e. The van der Waals surface area contributed by atoms with Crippen molar-refractivity contribution >= 4 is 32.6 Å². The average molecular weight is 336 g/mol. The molecular formula is C15H16N2O5S. The molecule has 0 aliphatic carbocycles. The third-order valence-corrected chi connectivity index (χ3v) is 5.72. The highest BCUT2D eigenvalue weighted by atomic mass is 32.2. The SMILES string of the molecule is Cc1c(C(=O)NNC(=O)C2CCS(=O)(=O)C2)oc2ccccc12. The van der Waals surface area contributed by atoms with Crippen LogP contribution in [-0.2, 0) is 14.6 Å². The highest BCUT2D eigenvalue weighted by Gasteiger charge is 2.33. The van der Waals surface area contributed by atoms with Gasteiger partial charge in [0.25, 0.3) is 0 Å². The Morgan fingerprint density at radius 1 is 1.22 bits per heavy atom. The highest BCUT2D eigenvalue weighted by Crippen LogP contribution is 2.24. The topological polar surface area (TPSA) is 105 Å². The van der Waals surface area contributed by atoms with E-state index in [-0.39, 0.29) is 23.7 Å². The molecular weight excluding hydrogens is 320 g/mol. The van der Waals surface area contributed by atoms with Gasteiger partial charge < -0.3 is 4.42 Å². The van der Waals surface area contributed by atoms with Crippen molar-refractivity contribution in [2.45, 2.75) is 13.3 Å². The first kappa shape index (κ1) is 15.5. The van der Waals surface area contributed by atoms with Gasteiger partial charge in [0.05, 0.1) is 17.4 Å². The molecule has 7 nitrogen and oxygen atoms in total. The number of hydrazine groups is 1. The summed E-state index contributed by atoms with van der Waals surface area (Å²) in [5.74, 6) is -1.77. The number of aryl methyl sites for hydroxylation is 1. The monoisotopic (exact) mass is 336 g/mol. The van der Waals surface area contributed by atoms with E-state index in [2.05, 4.69) is 10.9 Å². The van der Waals surface area contributed by atoms with Crippen LogP contribution in [0.3, 0.4) is 0 Å². The van der Waals surface area contributed by atoms with Crippen LogP contribution in [0.4, 0.5) is 0 Å². The number of carbonyl (C=O) groups excluding carboxylic acids is 2. The molecule has 0 saturated carbocycles. The summed E-state index contributed by atoms with van der Waals surface area (Å²) in [5, 5.41) is 0.825. The molecule has 8 heteroatoms. The molecule has 1 aliphatic heterocycles. The Hall–Kier alpha value is -2.35. The van der Waals surface area contributed by atoms with E-state index in [1.807, 2.05) is 12.1 Å². The van der Waals surface area contributed by atoms with Crippen LogP contribution in [0.2, 0.25) is 0 Å². The van der Waals surface area contributed by atoms with Crippen molar-refractivity contribution in [2.24, 2.45) is 5.92 Å². The van der Waals surface area contributed by atoms with Crippen LogP contribution < -0.4 is 10.9 Å². The maximum Gasteiger partial charge on any atom is 0.305 e. The number of nitrogens with one attached hydrogen (secondary N) is 2. The Kier molecular flexibility index (Phi) is 3.85. The quantitative estimate of drug-likeness (QED) is 0.794. The zero-order valence-corrected chi connectivity index (χ0v) is 13.3. The minimum absolute atomic E-state index is 0.00170. The molecule has 0 radical (unpaired) electrons. The van der Waals surface area contributed by atoms with E-state index in [4.69, 9.17) is 4.42 Å². The summed E-state index contributed by atoms with van der Waals surface area (Å²) >= 11 is 0. The van der Waals surface area contributed by atoms with Crippen molar-refractivity contribution in [1.82, 2.24) is 10.9 Å². The Labute approximate surface area is 132 Å². The minimum Gasteiger partial charge on any atom is -0.451 e. The molecule has 1 unspecified atom stereocenters. The molecule has 1 aromatic heterocycles. The normalized spacial score (nSPS) is 19.6. The highest BCUT2D eigenvalue weighted by molar-refractivity contribution is 7.91. The van der Waals surface area contributed by atoms with Crippen molar-refractivity contribution < 1.29 is 22.4 Å². The van der Waals surface area contributed by atoms with Crippen molar-refractivity contribution in [2.75, 3.05) is 11.5 Å². The first-order valence-corrected chi connectivity index (χ1v) is 8.98. The van der Waals surface area contributed by atoms with E-state index in [1.165, 1.54) is 0 Å². The third kappa shape index (κ3) is 3.07. The van der Waals surface area contributed by atoms with Gasteiger partial charge in [-0.05, 0) is 19.4 Å². The summed E-state index contributed by atoms with van der Waals surface area (Å²) in [4.78, 5) is 24.0. The Morgan fingerprint density at radius 2 is 1.96 bits per heavy atom. The van der Waals surface area contributed by atoms with Crippen molar-refractivity contribution in [3.8, 4) is 0 Å². The lowest BCUT2D eigenvalue weighted by atomic mass is 10.1. The summed E-state index contributed by atoms with van der Waals surface area (Å²) in [6, 6.07) is 7.23. The second-order valence-electron chi connectivity index (χ2n) is 5.60. The van der Waals surface area contributed by atoms with E-state index in [9.17, 15) is 18.0 Å². The number of hydrogen-bond donors (Lipinski definition) is 2. The third-order valence-electron chi connectivity index (χ3n) is 3.95. The van der Waals surface area contributed by atoms with Crippen LogP contribution in [0.15, 0.2) is 28.7 Å². The molecule has 0 spiro atoms. The number of furan rings is 1. The number of fused-ring (bicyclic) bond motifs is 1. The summed E-state index contributed by atoms with van der Waals surface area (Å²) in [5.41, 5.74) is 5.81. The molecule has 2 N–H and O–H groups in total. The largest absolute Gasteiger partial charge is 0.451 e. The molecule has 23 heavy (non-hydrogen) atoms. The van der Waals surface area contributed by atoms with Gasteiger partial charge >= 0.3 is 5.91 Å². The average Bonchev–Trinajstić information content (AvgIpc) is 3.05. The Bertz CT molecular complexity index is 884. The van der Waals surface area contributed by atoms with Crippen LogP contribution in [-0.4, -0.2) is 31.7 Å². The maximum atomic E-state index is 12.1. The molecule has 122 valence electrons.